The van der Waals surface area contributed by atoms with Crippen molar-refractivity contribution in [1.82, 2.24) is 9.88 Å². The van der Waals surface area contributed by atoms with Crippen molar-refractivity contribution in [3.63, 3.8) is 0 Å². The number of anilines is 1. The molecule has 200 valence electrons. The molecule has 3 heterocycles. The lowest BCUT2D eigenvalue weighted by Gasteiger charge is -2.26. The summed E-state index contributed by atoms with van der Waals surface area (Å²) in [6.45, 7) is 2.61. The summed E-state index contributed by atoms with van der Waals surface area (Å²) in [6.07, 6.45) is 7.43. The predicted molar refractivity (Wildman–Crippen MR) is 137 cm³/mol. The fourth-order valence-corrected chi connectivity index (χ4v) is 5.24. The van der Waals surface area contributed by atoms with Crippen LogP contribution in [0.15, 0.2) is 24.3 Å². The molecule has 1 saturated carbocycles. The molecule has 2 N–H and O–H groups in total. The maximum Gasteiger partial charge on any atom is 0.325 e. The zero-order chi connectivity index (χ0) is 25.8. The zero-order valence-corrected chi connectivity index (χ0v) is 21.4. The Bertz CT molecular complexity index is 1090. The van der Waals surface area contributed by atoms with Gasteiger partial charge in [-0.25, -0.2) is 9.37 Å². The number of pyridine rings is 1. The lowest BCUT2D eigenvalue weighted by Crippen LogP contribution is -2.34. The van der Waals surface area contributed by atoms with Gasteiger partial charge in [0.15, 0.2) is 0 Å². The van der Waals surface area contributed by atoms with Gasteiger partial charge >= 0.3 is 5.97 Å². The van der Waals surface area contributed by atoms with E-state index in [1.54, 1.807) is 13.2 Å². The summed E-state index contributed by atoms with van der Waals surface area (Å²) < 4.78 is 31.7. The van der Waals surface area contributed by atoms with Crippen molar-refractivity contribution in [2.75, 3.05) is 38.7 Å². The SMILES string of the molecule is COc1cc(CCCCO[C@@H]2CCN([C@@H](C(=O)O)c3cc(F)ccc3OC3CC3)C2)nc2c1CCCN2. The molecule has 8 nitrogen and oxygen atoms in total. The van der Waals surface area contributed by atoms with Gasteiger partial charge in [-0.1, -0.05) is 0 Å². The topological polar surface area (TPSA) is 93.2 Å². The first kappa shape index (κ1) is 25.7. The van der Waals surface area contributed by atoms with E-state index in [-0.39, 0.29) is 12.2 Å². The number of hydrogen-bond donors (Lipinski definition) is 2. The van der Waals surface area contributed by atoms with Crippen LogP contribution in [0.3, 0.4) is 0 Å². The summed E-state index contributed by atoms with van der Waals surface area (Å²) in [5, 5.41) is 13.4. The molecule has 1 aromatic heterocycles. The van der Waals surface area contributed by atoms with Gasteiger partial charge in [0.05, 0.1) is 19.3 Å². The number of methoxy groups -OCH3 is 1. The maximum atomic E-state index is 14.1. The number of fused-ring (bicyclic) bond motifs is 1. The summed E-state index contributed by atoms with van der Waals surface area (Å²) in [5.74, 6) is 0.849. The number of carbonyl (C=O) groups is 1. The van der Waals surface area contributed by atoms with Crippen molar-refractivity contribution in [1.29, 1.82) is 0 Å². The fourth-order valence-electron chi connectivity index (χ4n) is 5.24. The van der Waals surface area contributed by atoms with Gasteiger partial charge in [0, 0.05) is 49.1 Å². The molecule has 2 aromatic rings. The van der Waals surface area contributed by atoms with E-state index in [9.17, 15) is 14.3 Å². The van der Waals surface area contributed by atoms with E-state index in [1.165, 1.54) is 12.1 Å². The lowest BCUT2D eigenvalue weighted by molar-refractivity contribution is -0.143. The van der Waals surface area contributed by atoms with Crippen molar-refractivity contribution in [2.45, 2.75) is 69.6 Å². The average molecular weight is 514 g/mol. The van der Waals surface area contributed by atoms with Crippen LogP contribution in [-0.2, 0) is 22.4 Å². The van der Waals surface area contributed by atoms with E-state index < -0.39 is 17.8 Å². The molecule has 0 bridgehead atoms. The quantitative estimate of drug-likeness (QED) is 0.404. The molecule has 0 unspecified atom stereocenters. The van der Waals surface area contributed by atoms with Crippen molar-refractivity contribution < 1.29 is 28.5 Å². The second-order valence-electron chi connectivity index (χ2n) is 10.1. The van der Waals surface area contributed by atoms with E-state index >= 15 is 0 Å². The molecule has 1 aliphatic carbocycles. The fraction of sp³-hybridized carbons (Fsp3) is 0.571. The van der Waals surface area contributed by atoms with Crippen molar-refractivity contribution in [2.24, 2.45) is 0 Å². The molecule has 9 heteroatoms. The van der Waals surface area contributed by atoms with Crippen LogP contribution < -0.4 is 14.8 Å². The van der Waals surface area contributed by atoms with Crippen LogP contribution in [0, 0.1) is 5.82 Å². The van der Waals surface area contributed by atoms with Gasteiger partial charge in [-0.2, -0.15) is 0 Å². The number of carboxylic acids is 1. The van der Waals surface area contributed by atoms with Crippen LogP contribution in [-0.4, -0.2) is 66.5 Å². The third-order valence-corrected chi connectivity index (χ3v) is 7.29. The standard InChI is InChI=1S/C28H36FN3O5/c1-35-25-16-19(31-27-22(25)6-4-12-30-27)5-2-3-14-36-21-11-13-32(17-21)26(28(33)34)23-15-18(29)7-10-24(23)37-20-8-9-20/h7,10,15-16,20-21,26H,2-6,8-9,11-14,17H2,1H3,(H,30,31)(H,33,34)/t21-,26-/m1/s1. The lowest BCUT2D eigenvalue weighted by atomic mass is 10.0. The second kappa shape index (κ2) is 11.6. The second-order valence-corrected chi connectivity index (χ2v) is 10.1. The Balaban J connectivity index is 1.12. The molecule has 0 spiro atoms. The monoisotopic (exact) mass is 513 g/mol. The molecule has 37 heavy (non-hydrogen) atoms. The Hall–Kier alpha value is -2.91. The first-order chi connectivity index (χ1) is 18.0. The summed E-state index contributed by atoms with van der Waals surface area (Å²) in [6, 6.07) is 5.25. The zero-order valence-electron chi connectivity index (χ0n) is 21.4. The number of carboxylic acid groups (broad SMARTS) is 1. The molecule has 5 rings (SSSR count). The van der Waals surface area contributed by atoms with Crippen molar-refractivity contribution in [3.05, 3.63) is 46.9 Å². The summed E-state index contributed by atoms with van der Waals surface area (Å²) in [5.41, 5.74) is 2.55. The van der Waals surface area contributed by atoms with Gasteiger partial charge in [-0.05, 0) is 69.6 Å². The van der Waals surface area contributed by atoms with Gasteiger partial charge in [0.1, 0.15) is 29.2 Å². The predicted octanol–water partition coefficient (Wildman–Crippen LogP) is 4.37. The molecule has 3 aliphatic rings. The molecular formula is C28H36FN3O5. The molecule has 2 fully saturated rings. The first-order valence-electron chi connectivity index (χ1n) is 13.4. The molecule has 1 aromatic carbocycles. The minimum atomic E-state index is -1.01. The number of nitrogens with zero attached hydrogens (tertiary/aromatic N) is 2. The minimum absolute atomic E-state index is 0.0469. The van der Waals surface area contributed by atoms with E-state index in [0.29, 0.717) is 31.0 Å². The Labute approximate surface area is 217 Å². The number of halogens is 1. The number of aliphatic carboxylic acids is 1. The highest BCUT2D eigenvalue weighted by Gasteiger charge is 2.37. The van der Waals surface area contributed by atoms with E-state index in [2.05, 4.69) is 5.32 Å². The van der Waals surface area contributed by atoms with Crippen LogP contribution in [0.2, 0.25) is 0 Å². The Morgan fingerprint density at radius 3 is 2.86 bits per heavy atom. The van der Waals surface area contributed by atoms with Gasteiger partial charge in [0.2, 0.25) is 0 Å². The normalized spacial score (nSPS) is 20.2. The highest BCUT2D eigenvalue weighted by Crippen LogP contribution is 2.37. The number of nitrogens with one attached hydrogen (secondary N) is 1. The smallest absolute Gasteiger partial charge is 0.325 e. The number of unbranched alkanes of at least 4 members (excludes halogenated alkanes) is 1. The summed E-state index contributed by atoms with van der Waals surface area (Å²) >= 11 is 0. The van der Waals surface area contributed by atoms with Gasteiger partial charge < -0.3 is 24.6 Å². The van der Waals surface area contributed by atoms with Gasteiger partial charge in [0.25, 0.3) is 0 Å². The first-order valence-corrected chi connectivity index (χ1v) is 13.4. The van der Waals surface area contributed by atoms with Crippen molar-refractivity contribution >= 4 is 11.8 Å². The number of aryl methyl sites for hydroxylation is 1. The minimum Gasteiger partial charge on any atom is -0.496 e. The highest BCUT2D eigenvalue weighted by molar-refractivity contribution is 5.77. The number of rotatable bonds is 12. The molecule has 0 radical (unpaired) electrons. The number of hydrogen-bond acceptors (Lipinski definition) is 7. The highest BCUT2D eigenvalue weighted by atomic mass is 19.1. The van der Waals surface area contributed by atoms with E-state index in [1.807, 2.05) is 11.0 Å². The summed E-state index contributed by atoms with van der Waals surface area (Å²) in [7, 11) is 1.71. The van der Waals surface area contributed by atoms with Crippen LogP contribution in [0.25, 0.3) is 0 Å². The molecule has 0 amide bonds. The molecule has 2 aliphatic heterocycles. The van der Waals surface area contributed by atoms with Crippen LogP contribution >= 0.6 is 0 Å². The molecule has 1 saturated heterocycles. The summed E-state index contributed by atoms with van der Waals surface area (Å²) in [4.78, 5) is 18.9. The van der Waals surface area contributed by atoms with Gasteiger partial charge in [-0.3, -0.25) is 9.69 Å². The van der Waals surface area contributed by atoms with Crippen LogP contribution in [0.4, 0.5) is 10.2 Å². The molecular weight excluding hydrogens is 477 g/mol. The average Bonchev–Trinajstić information content (AvgIpc) is 3.60. The third-order valence-electron chi connectivity index (χ3n) is 7.29. The largest absolute Gasteiger partial charge is 0.496 e. The molecule has 2 atom stereocenters. The van der Waals surface area contributed by atoms with E-state index in [0.717, 1.165) is 80.7 Å². The number of likely N-dealkylation sites (tertiary alicyclic amines) is 1. The van der Waals surface area contributed by atoms with E-state index in [4.69, 9.17) is 19.2 Å². The maximum absolute atomic E-state index is 14.1. The van der Waals surface area contributed by atoms with Crippen LogP contribution in [0.1, 0.15) is 61.4 Å². The Morgan fingerprint density at radius 2 is 2.08 bits per heavy atom. The third kappa shape index (κ3) is 6.33. The number of aromatic nitrogens is 1. The number of ether oxygens (including phenoxy) is 3. The Kier molecular flexibility index (Phi) is 8.10. The van der Waals surface area contributed by atoms with Gasteiger partial charge in [-0.15, -0.1) is 0 Å². The number of benzene rings is 1. The van der Waals surface area contributed by atoms with Crippen molar-refractivity contribution in [3.8, 4) is 11.5 Å². The van der Waals surface area contributed by atoms with Crippen LogP contribution in [0.5, 0.6) is 11.5 Å². The Morgan fingerprint density at radius 1 is 1.22 bits per heavy atom.